The van der Waals surface area contributed by atoms with E-state index in [9.17, 15) is 4.79 Å². The van der Waals surface area contributed by atoms with Gasteiger partial charge in [0.25, 0.3) is 0 Å². The zero-order chi connectivity index (χ0) is 11.3. The van der Waals surface area contributed by atoms with Crippen molar-refractivity contribution in [1.29, 1.82) is 0 Å². The topological polar surface area (TPSA) is 58.9 Å². The van der Waals surface area contributed by atoms with Crippen LogP contribution >= 0.6 is 11.8 Å². The first kappa shape index (κ1) is 12.4. The fourth-order valence-corrected chi connectivity index (χ4v) is 2.97. The van der Waals surface area contributed by atoms with Crippen LogP contribution in [0.3, 0.4) is 0 Å². The van der Waals surface area contributed by atoms with E-state index in [1.165, 1.54) is 11.8 Å². The molecule has 1 aliphatic heterocycles. The number of esters is 1. The van der Waals surface area contributed by atoms with Crippen molar-refractivity contribution in [3.05, 3.63) is 0 Å². The molecule has 4 nitrogen and oxygen atoms in total. The molecule has 15 heavy (non-hydrogen) atoms. The Morgan fingerprint density at radius 1 is 1.67 bits per heavy atom. The number of carbonyl (C=O) groups is 1. The van der Waals surface area contributed by atoms with Crippen molar-refractivity contribution in [2.45, 2.75) is 31.9 Å². The van der Waals surface area contributed by atoms with Crippen molar-refractivity contribution in [2.24, 2.45) is 11.1 Å². The lowest BCUT2D eigenvalue weighted by atomic mass is 10.0. The van der Waals surface area contributed by atoms with Gasteiger partial charge in [0.15, 0.2) is 0 Å². The molecule has 0 aromatic rings. The molecule has 0 aromatic heterocycles. The second kappa shape index (κ2) is 6.00. The van der Waals surface area contributed by atoms with Gasteiger partial charge in [0.1, 0.15) is 5.25 Å². The van der Waals surface area contributed by atoms with Gasteiger partial charge in [-0.1, -0.05) is 19.0 Å². The lowest BCUT2D eigenvalue weighted by molar-refractivity contribution is -0.141. The van der Waals surface area contributed by atoms with Crippen LogP contribution in [-0.2, 0) is 9.53 Å². The van der Waals surface area contributed by atoms with Gasteiger partial charge in [0, 0.05) is 11.7 Å². The number of oxime groups is 1. The minimum Gasteiger partial charge on any atom is -0.465 e. The number of ether oxygens (including phenoxy) is 1. The number of rotatable bonds is 4. The van der Waals surface area contributed by atoms with E-state index in [-0.39, 0.29) is 11.9 Å². The molecule has 86 valence electrons. The van der Waals surface area contributed by atoms with E-state index in [1.54, 1.807) is 0 Å². The van der Waals surface area contributed by atoms with E-state index < -0.39 is 5.25 Å². The Morgan fingerprint density at radius 2 is 2.40 bits per heavy atom. The molecule has 1 N–H and O–H groups in total. The highest BCUT2D eigenvalue weighted by Gasteiger charge is 2.38. The monoisotopic (exact) mass is 231 g/mol. The van der Waals surface area contributed by atoms with Crippen molar-refractivity contribution in [1.82, 2.24) is 0 Å². The van der Waals surface area contributed by atoms with Gasteiger partial charge in [-0.25, -0.2) is 0 Å². The van der Waals surface area contributed by atoms with Gasteiger partial charge < -0.3 is 9.94 Å². The molecule has 2 unspecified atom stereocenters. The maximum absolute atomic E-state index is 11.6. The molecule has 0 aliphatic carbocycles. The summed E-state index contributed by atoms with van der Waals surface area (Å²) >= 11 is 1.50. The van der Waals surface area contributed by atoms with Gasteiger partial charge in [-0.2, -0.15) is 0 Å². The van der Waals surface area contributed by atoms with Crippen molar-refractivity contribution < 1.29 is 14.7 Å². The summed E-state index contributed by atoms with van der Waals surface area (Å²) in [5.74, 6) is 0.770. The highest BCUT2D eigenvalue weighted by Crippen LogP contribution is 2.31. The SMILES string of the molecule is CCCOC(=O)C1SCC(CC)/C1=N\O. The second-order valence-electron chi connectivity index (χ2n) is 3.51. The van der Waals surface area contributed by atoms with E-state index in [4.69, 9.17) is 9.94 Å². The van der Waals surface area contributed by atoms with Crippen LogP contribution in [0.5, 0.6) is 0 Å². The maximum Gasteiger partial charge on any atom is 0.325 e. The quantitative estimate of drug-likeness (QED) is 0.456. The number of carbonyl (C=O) groups excluding carboxylic acids is 1. The first-order valence-corrected chi connectivity index (χ1v) is 6.29. The summed E-state index contributed by atoms with van der Waals surface area (Å²) in [5.41, 5.74) is 0.573. The third-order valence-electron chi connectivity index (χ3n) is 2.42. The summed E-state index contributed by atoms with van der Waals surface area (Å²) in [7, 11) is 0. The fourth-order valence-electron chi connectivity index (χ4n) is 1.53. The van der Waals surface area contributed by atoms with Crippen LogP contribution in [0.25, 0.3) is 0 Å². The van der Waals surface area contributed by atoms with Crippen molar-refractivity contribution in [3.8, 4) is 0 Å². The Balaban J connectivity index is 2.59. The van der Waals surface area contributed by atoms with Gasteiger partial charge in [-0.3, -0.25) is 4.79 Å². The average molecular weight is 231 g/mol. The van der Waals surface area contributed by atoms with Crippen LogP contribution in [-0.4, -0.2) is 34.5 Å². The molecular weight excluding hydrogens is 214 g/mol. The normalized spacial score (nSPS) is 28.3. The van der Waals surface area contributed by atoms with E-state index >= 15 is 0 Å². The van der Waals surface area contributed by atoms with Gasteiger partial charge in [-0.05, 0) is 12.8 Å². The van der Waals surface area contributed by atoms with Gasteiger partial charge >= 0.3 is 5.97 Å². The molecule has 1 rings (SSSR count). The molecule has 0 amide bonds. The van der Waals surface area contributed by atoms with E-state index in [0.29, 0.717) is 12.3 Å². The highest BCUT2D eigenvalue weighted by molar-refractivity contribution is 8.01. The lowest BCUT2D eigenvalue weighted by Gasteiger charge is -2.10. The standard InChI is InChI=1S/C10H17NO3S/c1-3-5-14-10(12)9-8(11-13)7(4-2)6-15-9/h7,9,13H,3-6H2,1-2H3/b11-8+. The number of nitrogens with zero attached hydrogens (tertiary/aromatic N) is 1. The van der Waals surface area contributed by atoms with E-state index in [2.05, 4.69) is 5.16 Å². The third kappa shape index (κ3) is 2.87. The molecule has 0 saturated carbocycles. The number of hydrogen-bond donors (Lipinski definition) is 1. The molecule has 5 heteroatoms. The predicted octanol–water partition coefficient (Wildman–Crippen LogP) is 1.91. The summed E-state index contributed by atoms with van der Waals surface area (Å²) in [4.78, 5) is 11.6. The van der Waals surface area contributed by atoms with Gasteiger partial charge in [0.2, 0.25) is 0 Å². The maximum atomic E-state index is 11.6. The molecular formula is C10H17NO3S. The molecule has 1 heterocycles. The minimum atomic E-state index is -0.397. The summed E-state index contributed by atoms with van der Waals surface area (Å²) in [6.45, 7) is 4.41. The zero-order valence-corrected chi connectivity index (χ0v) is 9.92. The average Bonchev–Trinajstić information content (AvgIpc) is 2.68. The smallest absolute Gasteiger partial charge is 0.325 e. The second-order valence-corrected chi connectivity index (χ2v) is 4.65. The summed E-state index contributed by atoms with van der Waals surface area (Å²) in [6.07, 6.45) is 1.70. The Labute approximate surface area is 94.1 Å². The van der Waals surface area contributed by atoms with Gasteiger partial charge in [-0.15, -0.1) is 11.8 Å². The van der Waals surface area contributed by atoms with Crippen LogP contribution in [0.4, 0.5) is 0 Å². The Kier molecular flexibility index (Phi) is 4.94. The first-order valence-electron chi connectivity index (χ1n) is 5.24. The van der Waals surface area contributed by atoms with Crippen LogP contribution in [0, 0.1) is 5.92 Å². The minimum absolute atomic E-state index is 0.208. The number of thioether (sulfide) groups is 1. The molecule has 0 bridgehead atoms. The first-order chi connectivity index (χ1) is 7.24. The van der Waals surface area contributed by atoms with Crippen molar-refractivity contribution in [2.75, 3.05) is 12.4 Å². The summed E-state index contributed by atoms with van der Waals surface area (Å²) in [6, 6.07) is 0. The zero-order valence-electron chi connectivity index (χ0n) is 9.10. The van der Waals surface area contributed by atoms with Crippen LogP contribution in [0.1, 0.15) is 26.7 Å². The molecule has 2 atom stereocenters. The Morgan fingerprint density at radius 3 is 2.93 bits per heavy atom. The van der Waals surface area contributed by atoms with E-state index in [0.717, 1.165) is 18.6 Å². The predicted molar refractivity (Wildman–Crippen MR) is 60.5 cm³/mol. The summed E-state index contributed by atoms with van der Waals surface area (Å²) in [5, 5.41) is 11.7. The molecule has 1 fully saturated rings. The Bertz CT molecular complexity index is 255. The van der Waals surface area contributed by atoms with Crippen molar-refractivity contribution >= 4 is 23.4 Å². The lowest BCUT2D eigenvalue weighted by Crippen LogP contribution is -2.28. The molecule has 1 aliphatic rings. The fraction of sp³-hybridized carbons (Fsp3) is 0.800. The number of hydrogen-bond acceptors (Lipinski definition) is 5. The van der Waals surface area contributed by atoms with E-state index in [1.807, 2.05) is 13.8 Å². The molecule has 0 spiro atoms. The van der Waals surface area contributed by atoms with Crippen LogP contribution < -0.4 is 0 Å². The highest BCUT2D eigenvalue weighted by atomic mass is 32.2. The van der Waals surface area contributed by atoms with Crippen molar-refractivity contribution in [3.63, 3.8) is 0 Å². The molecule has 0 radical (unpaired) electrons. The Hall–Kier alpha value is -0.710. The third-order valence-corrected chi connectivity index (χ3v) is 3.78. The summed E-state index contributed by atoms with van der Waals surface area (Å²) < 4.78 is 5.05. The van der Waals surface area contributed by atoms with Gasteiger partial charge in [0.05, 0.1) is 12.3 Å². The largest absolute Gasteiger partial charge is 0.465 e. The van der Waals surface area contributed by atoms with Crippen LogP contribution in [0.2, 0.25) is 0 Å². The van der Waals surface area contributed by atoms with Crippen LogP contribution in [0.15, 0.2) is 5.16 Å². The molecule has 0 aromatic carbocycles. The molecule has 1 saturated heterocycles.